The van der Waals surface area contributed by atoms with Gasteiger partial charge >= 0.3 is 0 Å². The monoisotopic (exact) mass is 266 g/mol. The zero-order chi connectivity index (χ0) is 14.4. The molecule has 0 aliphatic carbocycles. The third-order valence-electron chi connectivity index (χ3n) is 2.66. The summed E-state index contributed by atoms with van der Waals surface area (Å²) in [6.45, 7) is 2.11. The number of carbonyl (C=O) groups excluding carboxylic acids is 1. The lowest BCUT2D eigenvalue weighted by atomic mass is 10.1. The van der Waals surface area contributed by atoms with Gasteiger partial charge in [-0.1, -0.05) is 11.8 Å². The molecule has 0 aliphatic rings. The summed E-state index contributed by atoms with van der Waals surface area (Å²) in [6.07, 6.45) is 6.43. The van der Waals surface area contributed by atoms with E-state index in [1.165, 1.54) is 0 Å². The molecule has 0 fully saturated rings. The van der Waals surface area contributed by atoms with Crippen molar-refractivity contribution in [2.75, 3.05) is 11.9 Å². The average Bonchev–Trinajstić information content (AvgIpc) is 2.47. The Bertz CT molecular complexity index is 686. The van der Waals surface area contributed by atoms with E-state index < -0.39 is 0 Å². The first-order chi connectivity index (χ1) is 9.72. The first-order valence-corrected chi connectivity index (χ1v) is 6.07. The Morgan fingerprint density at radius 2 is 2.05 bits per heavy atom. The minimum atomic E-state index is -0.233. The summed E-state index contributed by atoms with van der Waals surface area (Å²) in [6, 6.07) is 3.38. The van der Waals surface area contributed by atoms with Gasteiger partial charge < -0.3 is 11.1 Å². The van der Waals surface area contributed by atoms with E-state index in [4.69, 9.17) is 5.73 Å². The van der Waals surface area contributed by atoms with E-state index in [2.05, 4.69) is 27.1 Å². The number of hydrogen-bond donors (Lipinski definition) is 2. The Labute approximate surface area is 117 Å². The number of nitrogens with two attached hydrogens (primary N) is 1. The molecule has 2 aromatic rings. The van der Waals surface area contributed by atoms with Crippen molar-refractivity contribution in [1.82, 2.24) is 9.97 Å². The van der Waals surface area contributed by atoms with Crippen molar-refractivity contribution in [3.63, 3.8) is 0 Å². The van der Waals surface area contributed by atoms with Crippen molar-refractivity contribution in [3.8, 4) is 11.8 Å². The smallest absolute Gasteiger partial charge is 0.257 e. The summed E-state index contributed by atoms with van der Waals surface area (Å²) in [5.41, 5.74) is 7.99. The lowest BCUT2D eigenvalue weighted by Crippen LogP contribution is -2.14. The maximum Gasteiger partial charge on any atom is 0.257 e. The van der Waals surface area contributed by atoms with Crippen LogP contribution < -0.4 is 11.1 Å². The van der Waals surface area contributed by atoms with Crippen LogP contribution in [0, 0.1) is 18.8 Å². The predicted molar refractivity (Wildman–Crippen MR) is 77.1 cm³/mol. The van der Waals surface area contributed by atoms with Crippen LogP contribution in [0.5, 0.6) is 0 Å². The van der Waals surface area contributed by atoms with E-state index in [9.17, 15) is 4.79 Å². The highest BCUT2D eigenvalue weighted by Crippen LogP contribution is 2.14. The Hall–Kier alpha value is -2.71. The normalized spacial score (nSPS) is 9.50. The number of nitrogens with zero attached hydrogens (tertiary/aromatic N) is 2. The molecule has 0 spiro atoms. The first kappa shape index (κ1) is 13.7. The molecule has 2 aromatic heterocycles. The molecular formula is C15H14N4O. The van der Waals surface area contributed by atoms with E-state index >= 15 is 0 Å². The molecular weight excluding hydrogens is 252 g/mol. The molecule has 2 heterocycles. The number of carbonyl (C=O) groups is 1. The van der Waals surface area contributed by atoms with Crippen molar-refractivity contribution >= 4 is 11.6 Å². The SMILES string of the molecule is Cc1cnccc1NC(=O)c1ccncc1C#CCN. The fourth-order valence-corrected chi connectivity index (χ4v) is 1.64. The van der Waals surface area contributed by atoms with Gasteiger partial charge in [0.25, 0.3) is 5.91 Å². The quantitative estimate of drug-likeness (QED) is 0.804. The summed E-state index contributed by atoms with van der Waals surface area (Å²) in [5.74, 6) is 5.33. The molecule has 0 unspecified atom stereocenters. The highest BCUT2D eigenvalue weighted by Gasteiger charge is 2.11. The molecule has 0 aliphatic heterocycles. The Morgan fingerprint density at radius 1 is 1.30 bits per heavy atom. The zero-order valence-electron chi connectivity index (χ0n) is 11.1. The molecule has 5 heteroatoms. The van der Waals surface area contributed by atoms with Crippen LogP contribution in [0.3, 0.4) is 0 Å². The van der Waals surface area contributed by atoms with Crippen LogP contribution in [0.25, 0.3) is 0 Å². The molecule has 2 rings (SSSR count). The molecule has 0 saturated heterocycles. The first-order valence-electron chi connectivity index (χ1n) is 6.07. The summed E-state index contributed by atoms with van der Waals surface area (Å²) < 4.78 is 0. The third-order valence-corrected chi connectivity index (χ3v) is 2.66. The number of hydrogen-bond acceptors (Lipinski definition) is 4. The van der Waals surface area contributed by atoms with Gasteiger partial charge in [0.2, 0.25) is 0 Å². The minimum Gasteiger partial charge on any atom is -0.322 e. The molecule has 100 valence electrons. The zero-order valence-corrected chi connectivity index (χ0v) is 11.1. The lowest BCUT2D eigenvalue weighted by molar-refractivity contribution is 0.102. The van der Waals surface area contributed by atoms with Crippen molar-refractivity contribution in [3.05, 3.63) is 53.6 Å². The maximum absolute atomic E-state index is 12.3. The van der Waals surface area contributed by atoms with Crippen molar-refractivity contribution < 1.29 is 4.79 Å². The van der Waals surface area contributed by atoms with Gasteiger partial charge in [-0.25, -0.2) is 0 Å². The number of anilines is 1. The fourth-order valence-electron chi connectivity index (χ4n) is 1.64. The largest absolute Gasteiger partial charge is 0.322 e. The molecule has 0 radical (unpaired) electrons. The third kappa shape index (κ3) is 3.19. The Morgan fingerprint density at radius 3 is 2.80 bits per heavy atom. The standard InChI is InChI=1S/C15H14N4O/c1-11-9-17-8-5-14(11)19-15(20)13-4-7-18-10-12(13)3-2-6-16/h4-5,7-10H,6,16H2,1H3,(H,17,19,20). The molecule has 0 bridgehead atoms. The molecule has 5 nitrogen and oxygen atoms in total. The van der Waals surface area contributed by atoms with Gasteiger partial charge in [-0.05, 0) is 24.6 Å². The summed E-state index contributed by atoms with van der Waals surface area (Å²) in [5, 5.41) is 2.84. The van der Waals surface area contributed by atoms with Gasteiger partial charge in [0.15, 0.2) is 0 Å². The van der Waals surface area contributed by atoms with E-state index in [0.717, 1.165) is 11.3 Å². The van der Waals surface area contributed by atoms with Gasteiger partial charge in [0, 0.05) is 30.5 Å². The van der Waals surface area contributed by atoms with E-state index in [-0.39, 0.29) is 12.5 Å². The van der Waals surface area contributed by atoms with E-state index in [1.54, 1.807) is 36.9 Å². The second-order valence-electron chi connectivity index (χ2n) is 4.07. The predicted octanol–water partition coefficient (Wildman–Crippen LogP) is 1.35. The van der Waals surface area contributed by atoms with Gasteiger partial charge in [0.05, 0.1) is 17.7 Å². The van der Waals surface area contributed by atoms with Crippen LogP contribution in [0.2, 0.25) is 0 Å². The summed E-state index contributed by atoms with van der Waals surface area (Å²) >= 11 is 0. The fraction of sp³-hybridized carbons (Fsp3) is 0.133. The molecule has 1 amide bonds. The second-order valence-corrected chi connectivity index (χ2v) is 4.07. The van der Waals surface area contributed by atoms with Crippen LogP contribution in [-0.4, -0.2) is 22.4 Å². The topological polar surface area (TPSA) is 80.9 Å². The van der Waals surface area contributed by atoms with Gasteiger partial charge in [-0.2, -0.15) is 0 Å². The van der Waals surface area contributed by atoms with Crippen LogP contribution in [-0.2, 0) is 0 Å². The number of aromatic nitrogens is 2. The maximum atomic E-state index is 12.3. The van der Waals surface area contributed by atoms with E-state index in [1.807, 2.05) is 6.92 Å². The van der Waals surface area contributed by atoms with Crippen molar-refractivity contribution in [2.45, 2.75) is 6.92 Å². The van der Waals surface area contributed by atoms with Crippen LogP contribution in [0.4, 0.5) is 5.69 Å². The number of nitrogens with one attached hydrogen (secondary N) is 1. The molecule has 0 aromatic carbocycles. The highest BCUT2D eigenvalue weighted by molar-refractivity contribution is 6.06. The van der Waals surface area contributed by atoms with Gasteiger partial charge in [-0.15, -0.1) is 0 Å². The summed E-state index contributed by atoms with van der Waals surface area (Å²) in [4.78, 5) is 20.2. The Kier molecular flexibility index (Phi) is 4.43. The number of rotatable bonds is 2. The van der Waals surface area contributed by atoms with Gasteiger partial charge in [-0.3, -0.25) is 14.8 Å². The highest BCUT2D eigenvalue weighted by atomic mass is 16.1. The van der Waals surface area contributed by atoms with Crippen molar-refractivity contribution in [2.24, 2.45) is 5.73 Å². The van der Waals surface area contributed by atoms with Crippen LogP contribution >= 0.6 is 0 Å². The molecule has 20 heavy (non-hydrogen) atoms. The minimum absolute atomic E-state index is 0.233. The van der Waals surface area contributed by atoms with Crippen molar-refractivity contribution in [1.29, 1.82) is 0 Å². The van der Waals surface area contributed by atoms with Crippen LogP contribution in [0.1, 0.15) is 21.5 Å². The van der Waals surface area contributed by atoms with Crippen LogP contribution in [0.15, 0.2) is 36.9 Å². The lowest BCUT2D eigenvalue weighted by Gasteiger charge is -2.08. The Balaban J connectivity index is 2.28. The molecule has 3 N–H and O–H groups in total. The number of aryl methyl sites for hydroxylation is 1. The molecule has 0 atom stereocenters. The second kappa shape index (κ2) is 6.45. The number of amides is 1. The number of pyridine rings is 2. The summed E-state index contributed by atoms with van der Waals surface area (Å²) in [7, 11) is 0. The average molecular weight is 266 g/mol. The molecule has 0 saturated carbocycles. The van der Waals surface area contributed by atoms with Gasteiger partial charge in [0.1, 0.15) is 0 Å². The van der Waals surface area contributed by atoms with E-state index in [0.29, 0.717) is 11.1 Å².